The van der Waals surface area contributed by atoms with Crippen LogP contribution in [0, 0.1) is 6.92 Å². The summed E-state index contributed by atoms with van der Waals surface area (Å²) in [5.74, 6) is 1.67. The molecule has 0 aliphatic carbocycles. The lowest BCUT2D eigenvalue weighted by molar-refractivity contribution is 0.414. The zero-order chi connectivity index (χ0) is 13.7. The highest BCUT2D eigenvalue weighted by Gasteiger charge is 2.05. The first-order valence-electron chi connectivity index (χ1n) is 6.47. The van der Waals surface area contributed by atoms with E-state index in [0.29, 0.717) is 0 Å². The third kappa shape index (κ3) is 3.22. The van der Waals surface area contributed by atoms with Crippen LogP contribution in [0.15, 0.2) is 30.3 Å². The Morgan fingerprint density at radius 3 is 2.58 bits per heavy atom. The van der Waals surface area contributed by atoms with Gasteiger partial charge in [-0.2, -0.15) is 0 Å². The highest BCUT2D eigenvalue weighted by atomic mass is 16.5. The molecule has 0 spiro atoms. The Bertz CT molecular complexity index is 538. The Balaban J connectivity index is 2.22. The quantitative estimate of drug-likeness (QED) is 0.893. The Morgan fingerprint density at radius 2 is 2.00 bits per heavy atom. The van der Waals surface area contributed by atoms with Gasteiger partial charge in [0, 0.05) is 12.1 Å². The van der Waals surface area contributed by atoms with Crippen molar-refractivity contribution in [2.45, 2.75) is 20.3 Å². The van der Waals surface area contributed by atoms with Gasteiger partial charge in [0.05, 0.1) is 12.8 Å². The fourth-order valence-corrected chi connectivity index (χ4v) is 1.87. The topological polar surface area (TPSA) is 47.0 Å². The molecule has 0 amide bonds. The first-order valence-corrected chi connectivity index (χ1v) is 6.47. The minimum Gasteiger partial charge on any atom is -0.497 e. The van der Waals surface area contributed by atoms with Crippen molar-refractivity contribution in [2.75, 3.05) is 19.0 Å². The molecule has 2 aromatic rings. The highest BCUT2D eigenvalue weighted by molar-refractivity contribution is 5.64. The minimum atomic E-state index is 0.816. The van der Waals surface area contributed by atoms with Gasteiger partial charge in [-0.05, 0) is 49.2 Å². The molecule has 0 aliphatic heterocycles. The zero-order valence-corrected chi connectivity index (χ0v) is 11.6. The van der Waals surface area contributed by atoms with E-state index in [-0.39, 0.29) is 0 Å². The van der Waals surface area contributed by atoms with E-state index in [1.807, 2.05) is 37.3 Å². The summed E-state index contributed by atoms with van der Waals surface area (Å²) in [5.41, 5.74) is 3.08. The summed E-state index contributed by atoms with van der Waals surface area (Å²) in [6.45, 7) is 5.08. The highest BCUT2D eigenvalue weighted by Crippen LogP contribution is 2.25. The summed E-state index contributed by atoms with van der Waals surface area (Å²) in [6.07, 6.45) is 1.07. The van der Waals surface area contributed by atoms with Crippen LogP contribution in [0.3, 0.4) is 0 Å². The molecule has 0 aliphatic rings. The van der Waals surface area contributed by atoms with Gasteiger partial charge in [0.2, 0.25) is 0 Å². The normalized spacial score (nSPS) is 10.3. The molecular formula is C15H19N3O. The lowest BCUT2D eigenvalue weighted by Gasteiger charge is -2.08. The predicted molar refractivity (Wildman–Crippen MR) is 77.5 cm³/mol. The van der Waals surface area contributed by atoms with Gasteiger partial charge in [0.25, 0.3) is 0 Å². The van der Waals surface area contributed by atoms with Crippen LogP contribution in [0.25, 0.3) is 11.3 Å². The summed E-state index contributed by atoms with van der Waals surface area (Å²) in [4.78, 5) is 0. The van der Waals surface area contributed by atoms with E-state index in [2.05, 4.69) is 22.4 Å². The zero-order valence-electron chi connectivity index (χ0n) is 11.6. The molecule has 2 rings (SSSR count). The van der Waals surface area contributed by atoms with Crippen LogP contribution in [0.4, 0.5) is 5.82 Å². The van der Waals surface area contributed by atoms with Crippen molar-refractivity contribution in [3.05, 3.63) is 35.9 Å². The number of nitrogens with one attached hydrogen (secondary N) is 1. The van der Waals surface area contributed by atoms with Gasteiger partial charge in [0.1, 0.15) is 11.6 Å². The van der Waals surface area contributed by atoms with Crippen molar-refractivity contribution < 1.29 is 4.74 Å². The molecule has 0 unspecified atom stereocenters. The van der Waals surface area contributed by atoms with Crippen LogP contribution < -0.4 is 10.1 Å². The molecule has 0 radical (unpaired) electrons. The second-order valence-electron chi connectivity index (χ2n) is 4.41. The molecule has 19 heavy (non-hydrogen) atoms. The molecule has 1 N–H and O–H groups in total. The van der Waals surface area contributed by atoms with Crippen LogP contribution in [0.5, 0.6) is 5.75 Å². The second kappa shape index (κ2) is 6.18. The Hall–Kier alpha value is -2.10. The summed E-state index contributed by atoms with van der Waals surface area (Å²) < 4.78 is 5.20. The van der Waals surface area contributed by atoms with Crippen molar-refractivity contribution in [1.82, 2.24) is 10.2 Å². The van der Waals surface area contributed by atoms with Crippen molar-refractivity contribution in [2.24, 2.45) is 0 Å². The van der Waals surface area contributed by atoms with E-state index in [0.717, 1.165) is 41.4 Å². The second-order valence-corrected chi connectivity index (χ2v) is 4.41. The fraction of sp³-hybridized carbons (Fsp3) is 0.333. The van der Waals surface area contributed by atoms with Crippen LogP contribution in [-0.4, -0.2) is 23.9 Å². The molecule has 4 heteroatoms. The van der Waals surface area contributed by atoms with E-state index in [1.54, 1.807) is 7.11 Å². The summed E-state index contributed by atoms with van der Waals surface area (Å²) >= 11 is 0. The molecule has 0 saturated heterocycles. The number of aromatic nitrogens is 2. The number of methoxy groups -OCH3 is 1. The molecule has 0 bridgehead atoms. The van der Waals surface area contributed by atoms with E-state index in [4.69, 9.17) is 4.74 Å². The third-order valence-electron chi connectivity index (χ3n) is 2.93. The summed E-state index contributed by atoms with van der Waals surface area (Å²) in [6, 6.07) is 9.90. The number of rotatable bonds is 5. The number of hydrogen-bond donors (Lipinski definition) is 1. The van der Waals surface area contributed by atoms with Crippen LogP contribution >= 0.6 is 0 Å². The van der Waals surface area contributed by atoms with Crippen molar-refractivity contribution in [3.8, 4) is 17.0 Å². The van der Waals surface area contributed by atoms with Gasteiger partial charge < -0.3 is 10.1 Å². The van der Waals surface area contributed by atoms with Gasteiger partial charge in [-0.3, -0.25) is 0 Å². The molecule has 1 heterocycles. The van der Waals surface area contributed by atoms with Crippen LogP contribution in [0.2, 0.25) is 0 Å². The number of hydrogen-bond acceptors (Lipinski definition) is 4. The van der Waals surface area contributed by atoms with Crippen LogP contribution in [0.1, 0.15) is 18.9 Å². The smallest absolute Gasteiger partial charge is 0.148 e. The Morgan fingerprint density at radius 1 is 1.16 bits per heavy atom. The minimum absolute atomic E-state index is 0.816. The van der Waals surface area contributed by atoms with Crippen molar-refractivity contribution in [1.29, 1.82) is 0 Å². The Labute approximate surface area is 113 Å². The maximum absolute atomic E-state index is 5.20. The Kier molecular flexibility index (Phi) is 4.34. The number of benzene rings is 1. The van der Waals surface area contributed by atoms with Gasteiger partial charge in [0.15, 0.2) is 0 Å². The number of anilines is 1. The lowest BCUT2D eigenvalue weighted by Crippen LogP contribution is -2.03. The molecule has 0 saturated carbocycles. The van der Waals surface area contributed by atoms with Gasteiger partial charge in [-0.15, -0.1) is 10.2 Å². The summed E-state index contributed by atoms with van der Waals surface area (Å²) in [5, 5.41) is 11.7. The van der Waals surface area contributed by atoms with Gasteiger partial charge in [-0.1, -0.05) is 6.92 Å². The van der Waals surface area contributed by atoms with E-state index in [9.17, 15) is 0 Å². The molecular weight excluding hydrogens is 238 g/mol. The number of nitrogens with zero attached hydrogens (tertiary/aromatic N) is 2. The molecule has 4 nitrogen and oxygen atoms in total. The lowest BCUT2D eigenvalue weighted by atomic mass is 10.1. The monoisotopic (exact) mass is 257 g/mol. The molecule has 1 aromatic carbocycles. The van der Waals surface area contributed by atoms with Gasteiger partial charge in [-0.25, -0.2) is 0 Å². The third-order valence-corrected chi connectivity index (χ3v) is 2.93. The maximum atomic E-state index is 5.20. The molecule has 1 aromatic heterocycles. The van der Waals surface area contributed by atoms with Crippen molar-refractivity contribution in [3.63, 3.8) is 0 Å². The number of ether oxygens (including phenoxy) is 1. The van der Waals surface area contributed by atoms with E-state index in [1.165, 1.54) is 0 Å². The maximum Gasteiger partial charge on any atom is 0.148 e. The summed E-state index contributed by atoms with van der Waals surface area (Å²) in [7, 11) is 1.67. The largest absolute Gasteiger partial charge is 0.497 e. The molecule has 0 fully saturated rings. The standard InChI is InChI=1S/C15H19N3O/c1-4-9-16-15-8-7-14(17-18-15)13-6-5-12(19-3)10-11(13)2/h5-8,10H,4,9H2,1-3H3,(H,16,18). The fourth-order valence-electron chi connectivity index (χ4n) is 1.87. The first-order chi connectivity index (χ1) is 9.24. The van der Waals surface area contributed by atoms with Gasteiger partial charge >= 0.3 is 0 Å². The average molecular weight is 257 g/mol. The molecule has 0 atom stereocenters. The van der Waals surface area contributed by atoms with E-state index < -0.39 is 0 Å². The number of aryl methyl sites for hydroxylation is 1. The van der Waals surface area contributed by atoms with Crippen LogP contribution in [-0.2, 0) is 0 Å². The predicted octanol–water partition coefficient (Wildman–Crippen LogP) is 3.28. The first kappa shape index (κ1) is 13.3. The molecule has 100 valence electrons. The average Bonchev–Trinajstić information content (AvgIpc) is 2.45. The SMILES string of the molecule is CCCNc1ccc(-c2ccc(OC)cc2C)nn1. The van der Waals surface area contributed by atoms with E-state index >= 15 is 0 Å². The van der Waals surface area contributed by atoms with Crippen molar-refractivity contribution >= 4 is 5.82 Å².